The molecule has 0 rings (SSSR count). The molecule has 56 valence electrons. The molecular formula is C9H19Na. The van der Waals surface area contributed by atoms with Crippen molar-refractivity contribution in [1.82, 2.24) is 0 Å². The largest absolute Gasteiger partial charge is 1.00 e. The van der Waals surface area contributed by atoms with E-state index in [1.165, 1.54) is 38.5 Å². The molecule has 0 fully saturated rings. The van der Waals surface area contributed by atoms with Crippen LogP contribution in [0.4, 0.5) is 0 Å². The van der Waals surface area contributed by atoms with Gasteiger partial charge in [0.2, 0.25) is 0 Å². The van der Waals surface area contributed by atoms with Crippen LogP contribution in [0.15, 0.2) is 0 Å². The molecule has 0 aliphatic rings. The molecule has 0 aromatic carbocycles. The average molecular weight is 150 g/mol. The molecule has 0 heterocycles. The minimum Gasteiger partial charge on any atom is -0.332 e. The molecule has 0 aromatic rings. The number of rotatable bonds is 6. The summed E-state index contributed by atoms with van der Waals surface area (Å²) in [7, 11) is 0. The van der Waals surface area contributed by atoms with Gasteiger partial charge < -0.3 is 6.42 Å². The van der Waals surface area contributed by atoms with E-state index in [1.807, 2.05) is 0 Å². The molecule has 10 heavy (non-hydrogen) atoms. The smallest absolute Gasteiger partial charge is 0.332 e. The van der Waals surface area contributed by atoms with Gasteiger partial charge in [0.15, 0.2) is 0 Å². The molecule has 0 saturated carbocycles. The zero-order valence-corrected chi connectivity index (χ0v) is 9.82. The maximum Gasteiger partial charge on any atom is 1.00 e. The van der Waals surface area contributed by atoms with Gasteiger partial charge in [-0.3, -0.25) is 0 Å². The third-order valence-electron chi connectivity index (χ3n) is 1.60. The molecule has 0 aliphatic carbocycles. The summed E-state index contributed by atoms with van der Waals surface area (Å²) in [6, 6.07) is 0. The predicted molar refractivity (Wildman–Crippen MR) is 43.4 cm³/mol. The summed E-state index contributed by atoms with van der Waals surface area (Å²) in [5, 5.41) is 0. The fourth-order valence-electron chi connectivity index (χ4n) is 0.952. The Morgan fingerprint density at radius 2 is 1.60 bits per heavy atom. The van der Waals surface area contributed by atoms with Crippen molar-refractivity contribution in [3.8, 4) is 0 Å². The van der Waals surface area contributed by atoms with E-state index >= 15 is 0 Å². The Kier molecular flexibility index (Phi) is 17.2. The van der Waals surface area contributed by atoms with Crippen LogP contribution < -0.4 is 29.6 Å². The van der Waals surface area contributed by atoms with Crippen molar-refractivity contribution in [3.05, 3.63) is 6.42 Å². The SMILES string of the molecule is C[CH-]CCCCCCC.[Na+]. The minimum absolute atomic E-state index is 0. The van der Waals surface area contributed by atoms with Gasteiger partial charge in [0.05, 0.1) is 0 Å². The van der Waals surface area contributed by atoms with E-state index in [4.69, 9.17) is 0 Å². The first-order valence-electron chi connectivity index (χ1n) is 4.19. The van der Waals surface area contributed by atoms with Gasteiger partial charge in [-0.05, 0) is 0 Å². The van der Waals surface area contributed by atoms with Gasteiger partial charge in [-0.15, -0.1) is 0 Å². The molecule has 0 radical (unpaired) electrons. The van der Waals surface area contributed by atoms with Crippen LogP contribution in [-0.2, 0) is 0 Å². The van der Waals surface area contributed by atoms with Crippen LogP contribution in [0, 0.1) is 6.42 Å². The van der Waals surface area contributed by atoms with E-state index in [2.05, 4.69) is 20.3 Å². The van der Waals surface area contributed by atoms with Crippen molar-refractivity contribution in [2.45, 2.75) is 52.4 Å². The molecule has 0 aromatic heterocycles. The average Bonchev–Trinajstić information content (AvgIpc) is 1.89. The van der Waals surface area contributed by atoms with Crippen LogP contribution in [-0.4, -0.2) is 0 Å². The Hall–Kier alpha value is 1.00. The van der Waals surface area contributed by atoms with Gasteiger partial charge in [-0.1, -0.05) is 39.0 Å². The van der Waals surface area contributed by atoms with Gasteiger partial charge in [0.25, 0.3) is 0 Å². The first-order chi connectivity index (χ1) is 4.41. The summed E-state index contributed by atoms with van der Waals surface area (Å²) < 4.78 is 0. The summed E-state index contributed by atoms with van der Waals surface area (Å²) in [5.41, 5.74) is 0. The van der Waals surface area contributed by atoms with Crippen molar-refractivity contribution < 1.29 is 29.6 Å². The second-order valence-corrected chi connectivity index (χ2v) is 2.61. The Labute approximate surface area is 88.1 Å². The summed E-state index contributed by atoms with van der Waals surface area (Å²) in [6.07, 6.45) is 10.6. The first kappa shape index (κ1) is 13.6. The second-order valence-electron chi connectivity index (χ2n) is 2.61. The van der Waals surface area contributed by atoms with Crippen molar-refractivity contribution in [2.24, 2.45) is 0 Å². The molecule has 0 nitrogen and oxygen atoms in total. The van der Waals surface area contributed by atoms with Crippen molar-refractivity contribution in [2.75, 3.05) is 0 Å². The van der Waals surface area contributed by atoms with E-state index in [9.17, 15) is 0 Å². The molecule has 0 N–H and O–H groups in total. The van der Waals surface area contributed by atoms with E-state index in [-0.39, 0.29) is 29.6 Å². The quantitative estimate of drug-likeness (QED) is 0.295. The van der Waals surface area contributed by atoms with E-state index in [0.717, 1.165) is 0 Å². The summed E-state index contributed by atoms with van der Waals surface area (Å²) in [5.74, 6) is 0. The Morgan fingerprint density at radius 3 is 2.10 bits per heavy atom. The van der Waals surface area contributed by atoms with Gasteiger partial charge in [0, 0.05) is 0 Å². The Bertz CT molecular complexity index is 38.0. The first-order valence-corrected chi connectivity index (χ1v) is 4.19. The van der Waals surface area contributed by atoms with E-state index in [1.54, 1.807) is 0 Å². The Balaban J connectivity index is 0. The van der Waals surface area contributed by atoms with Crippen LogP contribution in [0.3, 0.4) is 0 Å². The van der Waals surface area contributed by atoms with Crippen LogP contribution in [0.5, 0.6) is 0 Å². The number of hydrogen-bond donors (Lipinski definition) is 0. The molecular weight excluding hydrogens is 131 g/mol. The van der Waals surface area contributed by atoms with Crippen LogP contribution in [0.2, 0.25) is 0 Å². The van der Waals surface area contributed by atoms with Crippen molar-refractivity contribution >= 4 is 0 Å². The maximum absolute atomic E-state index is 2.26. The molecule has 0 saturated heterocycles. The minimum atomic E-state index is 0. The van der Waals surface area contributed by atoms with E-state index < -0.39 is 0 Å². The second kappa shape index (κ2) is 12.7. The molecule has 0 spiro atoms. The molecule has 0 aliphatic heterocycles. The van der Waals surface area contributed by atoms with Crippen molar-refractivity contribution in [1.29, 1.82) is 0 Å². The molecule has 0 amide bonds. The van der Waals surface area contributed by atoms with Gasteiger partial charge in [0.1, 0.15) is 0 Å². The van der Waals surface area contributed by atoms with Crippen LogP contribution >= 0.6 is 0 Å². The topological polar surface area (TPSA) is 0 Å². The third kappa shape index (κ3) is 11.8. The normalized spacial score (nSPS) is 9.00. The third-order valence-corrected chi connectivity index (χ3v) is 1.60. The number of hydrogen-bond acceptors (Lipinski definition) is 0. The van der Waals surface area contributed by atoms with Crippen LogP contribution in [0.25, 0.3) is 0 Å². The van der Waals surface area contributed by atoms with Gasteiger partial charge in [-0.2, -0.15) is 13.3 Å². The monoisotopic (exact) mass is 150 g/mol. The molecule has 0 bridgehead atoms. The van der Waals surface area contributed by atoms with Crippen molar-refractivity contribution in [3.63, 3.8) is 0 Å². The zero-order valence-electron chi connectivity index (χ0n) is 7.82. The fraction of sp³-hybridized carbons (Fsp3) is 0.889. The standard InChI is InChI=1S/C9H19.Na/c1-3-5-7-9-8-6-4-2;/h3H,4-9H2,1-2H3;/q-1;+1. The summed E-state index contributed by atoms with van der Waals surface area (Å²) in [4.78, 5) is 0. The number of unbranched alkanes of at least 4 members (excludes halogenated alkanes) is 6. The fourth-order valence-corrected chi connectivity index (χ4v) is 0.952. The molecule has 1 heteroatoms. The Morgan fingerprint density at radius 1 is 1.00 bits per heavy atom. The maximum atomic E-state index is 2.26. The predicted octanol–water partition coefficient (Wildman–Crippen LogP) is 0.575. The van der Waals surface area contributed by atoms with Gasteiger partial charge >= 0.3 is 29.6 Å². The van der Waals surface area contributed by atoms with E-state index in [0.29, 0.717) is 0 Å². The summed E-state index contributed by atoms with van der Waals surface area (Å²) in [6.45, 7) is 4.39. The molecule has 0 unspecified atom stereocenters. The zero-order chi connectivity index (χ0) is 6.95. The summed E-state index contributed by atoms with van der Waals surface area (Å²) >= 11 is 0. The van der Waals surface area contributed by atoms with Gasteiger partial charge in [-0.25, -0.2) is 0 Å². The van der Waals surface area contributed by atoms with Crippen LogP contribution in [0.1, 0.15) is 52.4 Å². The molecule has 0 atom stereocenters.